The largest absolute Gasteiger partial charge is 0.394 e. The van der Waals surface area contributed by atoms with E-state index in [1.54, 1.807) is 6.92 Å². The lowest BCUT2D eigenvalue weighted by molar-refractivity contribution is -0.302. The summed E-state index contributed by atoms with van der Waals surface area (Å²) in [5, 5.41) is 53.2. The number of carbonyl (C=O) groups is 1. The van der Waals surface area contributed by atoms with Crippen LogP contribution in [-0.4, -0.2) is 87.5 Å². The second-order valence-electron chi connectivity index (χ2n) is 16.5. The SMILES string of the molecule is CCCCCCCCCCCCCCCCCCCCCCCCCCCCCCCCCC(O)C(COC1OC(CO)C(O)C(O)C1O)NC(=O)CC. The molecular weight excluding hydrogens is 682 g/mol. The summed E-state index contributed by atoms with van der Waals surface area (Å²) in [5.41, 5.74) is 0. The van der Waals surface area contributed by atoms with Gasteiger partial charge in [-0.25, -0.2) is 0 Å². The molecule has 7 unspecified atom stereocenters. The van der Waals surface area contributed by atoms with Gasteiger partial charge in [0.1, 0.15) is 24.4 Å². The highest BCUT2D eigenvalue weighted by Gasteiger charge is 2.44. The van der Waals surface area contributed by atoms with Gasteiger partial charge in [-0.05, 0) is 6.42 Å². The number of hydrogen-bond donors (Lipinski definition) is 6. The number of rotatable bonds is 39. The Balaban J connectivity index is 1.90. The third-order valence-corrected chi connectivity index (χ3v) is 11.5. The molecule has 1 aliphatic rings. The lowest BCUT2D eigenvalue weighted by Crippen LogP contribution is -2.60. The van der Waals surface area contributed by atoms with E-state index in [1.165, 1.54) is 180 Å². The molecule has 7 atom stereocenters. The van der Waals surface area contributed by atoms with Crippen molar-refractivity contribution in [2.75, 3.05) is 13.2 Å². The minimum atomic E-state index is -1.54. The summed E-state index contributed by atoms with van der Waals surface area (Å²) in [4.78, 5) is 12.1. The molecule has 1 amide bonds. The van der Waals surface area contributed by atoms with Crippen LogP contribution in [0.3, 0.4) is 0 Å². The number of aliphatic hydroxyl groups excluding tert-OH is 5. The van der Waals surface area contributed by atoms with E-state index in [0.29, 0.717) is 6.42 Å². The van der Waals surface area contributed by atoms with Crippen molar-refractivity contribution in [3.63, 3.8) is 0 Å². The Morgan fingerprint density at radius 2 is 0.907 bits per heavy atom. The fraction of sp³-hybridized carbons (Fsp3) is 0.978. The summed E-state index contributed by atoms with van der Waals surface area (Å²) in [5.74, 6) is -0.229. The van der Waals surface area contributed by atoms with Crippen molar-refractivity contribution >= 4 is 5.91 Å². The zero-order chi connectivity index (χ0) is 39.5. The number of ether oxygens (including phenoxy) is 2. The molecule has 9 nitrogen and oxygen atoms in total. The highest BCUT2D eigenvalue weighted by Crippen LogP contribution is 2.23. The summed E-state index contributed by atoms with van der Waals surface area (Å²) in [6.45, 7) is 3.32. The van der Waals surface area contributed by atoms with Gasteiger partial charge in [-0.3, -0.25) is 4.79 Å². The lowest BCUT2D eigenvalue weighted by atomic mass is 9.99. The van der Waals surface area contributed by atoms with Gasteiger partial charge in [0.2, 0.25) is 5.91 Å². The fourth-order valence-corrected chi connectivity index (χ4v) is 7.72. The van der Waals surface area contributed by atoms with Gasteiger partial charge in [0.25, 0.3) is 0 Å². The highest BCUT2D eigenvalue weighted by molar-refractivity contribution is 5.75. The van der Waals surface area contributed by atoms with Crippen molar-refractivity contribution in [1.29, 1.82) is 0 Å². The molecule has 0 aromatic carbocycles. The third-order valence-electron chi connectivity index (χ3n) is 11.5. The first-order valence-electron chi connectivity index (χ1n) is 23.2. The Bertz CT molecular complexity index is 817. The van der Waals surface area contributed by atoms with Crippen molar-refractivity contribution in [3.05, 3.63) is 0 Å². The van der Waals surface area contributed by atoms with Crippen molar-refractivity contribution in [1.82, 2.24) is 5.32 Å². The number of hydrogen-bond acceptors (Lipinski definition) is 8. The minimum Gasteiger partial charge on any atom is -0.394 e. The van der Waals surface area contributed by atoms with Crippen LogP contribution in [0.1, 0.15) is 226 Å². The van der Waals surface area contributed by atoms with Gasteiger partial charge >= 0.3 is 0 Å². The van der Waals surface area contributed by atoms with E-state index >= 15 is 0 Å². The predicted molar refractivity (Wildman–Crippen MR) is 221 cm³/mol. The molecule has 0 saturated carbocycles. The molecule has 0 bridgehead atoms. The monoisotopic (exact) mass is 772 g/mol. The number of amides is 1. The van der Waals surface area contributed by atoms with Crippen molar-refractivity contribution in [3.8, 4) is 0 Å². The number of carbonyl (C=O) groups excluding carboxylic acids is 1. The molecule has 0 aromatic rings. The maximum atomic E-state index is 12.1. The number of aliphatic hydroxyl groups is 5. The van der Waals surface area contributed by atoms with Gasteiger partial charge in [-0.15, -0.1) is 0 Å². The minimum absolute atomic E-state index is 0.144. The molecule has 1 fully saturated rings. The Morgan fingerprint density at radius 1 is 0.556 bits per heavy atom. The van der Waals surface area contributed by atoms with E-state index in [4.69, 9.17) is 9.47 Å². The summed E-state index contributed by atoms with van der Waals surface area (Å²) < 4.78 is 11.0. The quantitative estimate of drug-likeness (QED) is 0.0339. The van der Waals surface area contributed by atoms with Crippen molar-refractivity contribution < 1.29 is 39.8 Å². The molecule has 0 aliphatic carbocycles. The summed E-state index contributed by atoms with van der Waals surface area (Å²) in [6.07, 6.45) is 35.3. The van der Waals surface area contributed by atoms with E-state index in [-0.39, 0.29) is 18.9 Å². The molecule has 0 aromatic heterocycles. The molecule has 1 aliphatic heterocycles. The maximum Gasteiger partial charge on any atom is 0.220 e. The number of nitrogens with one attached hydrogen (secondary N) is 1. The summed E-state index contributed by atoms with van der Waals surface area (Å²) in [6, 6.07) is -0.710. The van der Waals surface area contributed by atoms with Crippen LogP contribution >= 0.6 is 0 Å². The zero-order valence-electron chi connectivity index (χ0n) is 35.3. The molecule has 0 radical (unpaired) electrons. The highest BCUT2D eigenvalue weighted by atomic mass is 16.7. The Hall–Kier alpha value is -0.810. The Morgan fingerprint density at radius 3 is 1.24 bits per heavy atom. The smallest absolute Gasteiger partial charge is 0.220 e. The Kier molecular flexibility index (Phi) is 34.6. The van der Waals surface area contributed by atoms with Crippen LogP contribution in [0.4, 0.5) is 0 Å². The molecule has 1 saturated heterocycles. The van der Waals surface area contributed by atoms with E-state index in [2.05, 4.69) is 12.2 Å². The average molecular weight is 772 g/mol. The molecule has 1 heterocycles. The van der Waals surface area contributed by atoms with Crippen LogP contribution in [0.2, 0.25) is 0 Å². The van der Waals surface area contributed by atoms with E-state index < -0.39 is 49.5 Å². The zero-order valence-corrected chi connectivity index (χ0v) is 35.3. The van der Waals surface area contributed by atoms with Crippen LogP contribution in [0.25, 0.3) is 0 Å². The van der Waals surface area contributed by atoms with Gasteiger partial charge in [0.05, 0.1) is 25.4 Å². The molecule has 6 N–H and O–H groups in total. The third kappa shape index (κ3) is 26.9. The average Bonchev–Trinajstić information content (AvgIpc) is 3.18. The van der Waals surface area contributed by atoms with Crippen LogP contribution in [0, 0.1) is 0 Å². The van der Waals surface area contributed by atoms with Gasteiger partial charge in [0, 0.05) is 6.42 Å². The first kappa shape index (κ1) is 51.2. The molecule has 9 heteroatoms. The molecule has 54 heavy (non-hydrogen) atoms. The van der Waals surface area contributed by atoms with Crippen LogP contribution in [0.15, 0.2) is 0 Å². The van der Waals surface area contributed by atoms with Crippen LogP contribution in [-0.2, 0) is 14.3 Å². The van der Waals surface area contributed by atoms with Gasteiger partial charge < -0.3 is 40.3 Å². The van der Waals surface area contributed by atoms with Crippen LogP contribution < -0.4 is 5.32 Å². The summed E-state index contributed by atoms with van der Waals surface area (Å²) in [7, 11) is 0. The standard InChI is InChI=1S/C45H89NO8/c1-3-5-6-7-8-9-10-11-12-13-14-15-16-17-18-19-20-21-22-23-24-25-26-27-28-29-30-31-32-33-34-35-39(48)38(46-41(49)4-2)37-53-45-44(52)43(51)42(50)40(36-47)54-45/h38-40,42-45,47-48,50-52H,3-37H2,1-2H3,(H,46,49). The van der Waals surface area contributed by atoms with E-state index in [1.807, 2.05) is 0 Å². The van der Waals surface area contributed by atoms with Crippen molar-refractivity contribution in [2.24, 2.45) is 0 Å². The maximum absolute atomic E-state index is 12.1. The lowest BCUT2D eigenvalue weighted by Gasteiger charge is -2.40. The molecule has 1 rings (SSSR count). The fourth-order valence-electron chi connectivity index (χ4n) is 7.72. The molecule has 322 valence electrons. The van der Waals surface area contributed by atoms with E-state index in [9.17, 15) is 30.3 Å². The van der Waals surface area contributed by atoms with Gasteiger partial charge in [-0.2, -0.15) is 0 Å². The molecule has 0 spiro atoms. The van der Waals surface area contributed by atoms with Gasteiger partial charge in [-0.1, -0.05) is 213 Å². The van der Waals surface area contributed by atoms with Crippen molar-refractivity contribution in [2.45, 2.75) is 269 Å². The van der Waals surface area contributed by atoms with E-state index in [0.717, 1.165) is 19.3 Å². The second kappa shape index (κ2) is 36.5. The first-order chi connectivity index (χ1) is 26.3. The normalized spacial score (nSPS) is 21.4. The second-order valence-corrected chi connectivity index (χ2v) is 16.5. The van der Waals surface area contributed by atoms with Crippen LogP contribution in [0.5, 0.6) is 0 Å². The molecular formula is C45H89NO8. The predicted octanol–water partition coefficient (Wildman–Crippen LogP) is 9.56. The topological polar surface area (TPSA) is 149 Å². The Labute approximate surface area is 332 Å². The summed E-state index contributed by atoms with van der Waals surface area (Å²) >= 11 is 0. The first-order valence-corrected chi connectivity index (χ1v) is 23.2. The number of unbranched alkanes of at least 4 members (excludes halogenated alkanes) is 30. The van der Waals surface area contributed by atoms with Gasteiger partial charge in [0.15, 0.2) is 6.29 Å².